The highest BCUT2D eigenvalue weighted by atomic mass is 32.1. The maximum atomic E-state index is 10.9. The van der Waals surface area contributed by atoms with E-state index in [1.807, 2.05) is 0 Å². The van der Waals surface area contributed by atoms with Gasteiger partial charge >= 0.3 is 5.97 Å². The van der Waals surface area contributed by atoms with Crippen molar-refractivity contribution in [3.8, 4) is 5.75 Å². The van der Waals surface area contributed by atoms with Gasteiger partial charge in [-0.15, -0.1) is 0 Å². The highest BCUT2D eigenvalue weighted by molar-refractivity contribution is 7.04. The molecule has 0 spiro atoms. The second-order valence-corrected chi connectivity index (χ2v) is 2.35. The number of carbonyl (C=O) groups is 1. The van der Waals surface area contributed by atoms with Crippen molar-refractivity contribution in [3.63, 3.8) is 0 Å². The molecule has 1 rings (SSSR count). The van der Waals surface area contributed by atoms with Crippen LogP contribution in [0.25, 0.3) is 0 Å². The Balaban J connectivity index is 2.92. The first-order chi connectivity index (χ1) is 5.29. The summed E-state index contributed by atoms with van der Waals surface area (Å²) in [7, 11) is 2.79. The average molecular weight is 173 g/mol. The van der Waals surface area contributed by atoms with Gasteiger partial charge in [-0.05, 0) is 11.5 Å². The highest BCUT2D eigenvalue weighted by Gasteiger charge is 2.14. The van der Waals surface area contributed by atoms with E-state index in [1.165, 1.54) is 14.2 Å². The van der Waals surface area contributed by atoms with Crippen LogP contribution in [0.1, 0.15) is 10.5 Å². The van der Waals surface area contributed by atoms with Gasteiger partial charge in [0.05, 0.1) is 19.6 Å². The monoisotopic (exact) mass is 173 g/mol. The molecule has 0 N–H and O–H groups in total. The minimum atomic E-state index is -0.469. The van der Waals surface area contributed by atoms with Crippen molar-refractivity contribution in [1.29, 1.82) is 0 Å². The zero-order valence-corrected chi connectivity index (χ0v) is 6.97. The molecule has 0 saturated heterocycles. The van der Waals surface area contributed by atoms with Crippen LogP contribution in [0.15, 0.2) is 5.38 Å². The second kappa shape index (κ2) is 3.34. The Labute approximate surface area is 67.9 Å². The van der Waals surface area contributed by atoms with Crippen molar-refractivity contribution >= 4 is 17.5 Å². The molecule has 0 radical (unpaired) electrons. The van der Waals surface area contributed by atoms with E-state index in [9.17, 15) is 4.79 Å². The van der Waals surface area contributed by atoms with Crippen LogP contribution in [0.3, 0.4) is 0 Å². The molecule has 0 aliphatic rings. The molecule has 1 heterocycles. The fourth-order valence-electron chi connectivity index (χ4n) is 0.607. The Morgan fingerprint density at radius 3 is 2.91 bits per heavy atom. The Bertz CT molecular complexity index is 258. The van der Waals surface area contributed by atoms with E-state index < -0.39 is 5.97 Å². The van der Waals surface area contributed by atoms with Crippen LogP contribution in [0.2, 0.25) is 0 Å². The van der Waals surface area contributed by atoms with Gasteiger partial charge in [0.15, 0.2) is 5.75 Å². The molecule has 0 aromatic carbocycles. The molecule has 0 fully saturated rings. The van der Waals surface area contributed by atoms with E-state index in [0.717, 1.165) is 11.5 Å². The van der Waals surface area contributed by atoms with Crippen LogP contribution in [0.4, 0.5) is 0 Å². The number of carbonyl (C=O) groups excluding carboxylic acids is 1. The third-order valence-corrected chi connectivity index (χ3v) is 1.74. The van der Waals surface area contributed by atoms with Gasteiger partial charge in [0.25, 0.3) is 0 Å². The topological polar surface area (TPSA) is 48.4 Å². The number of hydrogen-bond donors (Lipinski definition) is 0. The highest BCUT2D eigenvalue weighted by Crippen LogP contribution is 2.19. The quantitative estimate of drug-likeness (QED) is 0.624. The molecule has 0 unspecified atom stereocenters. The third-order valence-electron chi connectivity index (χ3n) is 1.14. The van der Waals surface area contributed by atoms with Crippen molar-refractivity contribution in [2.24, 2.45) is 0 Å². The molecule has 0 aliphatic heterocycles. The van der Waals surface area contributed by atoms with Crippen molar-refractivity contribution in [2.45, 2.75) is 0 Å². The lowest BCUT2D eigenvalue weighted by molar-refractivity contribution is 0.0592. The SMILES string of the molecule is COC(=O)c1nscc1OC. The average Bonchev–Trinajstić information content (AvgIpc) is 2.50. The van der Waals surface area contributed by atoms with Crippen molar-refractivity contribution < 1.29 is 14.3 Å². The van der Waals surface area contributed by atoms with Crippen LogP contribution in [0, 0.1) is 0 Å². The van der Waals surface area contributed by atoms with Gasteiger partial charge in [0, 0.05) is 0 Å². The molecule has 0 bridgehead atoms. The zero-order valence-electron chi connectivity index (χ0n) is 6.16. The molecule has 4 nitrogen and oxygen atoms in total. The van der Waals surface area contributed by atoms with Gasteiger partial charge in [-0.3, -0.25) is 0 Å². The van der Waals surface area contributed by atoms with E-state index in [4.69, 9.17) is 4.74 Å². The third kappa shape index (κ3) is 1.48. The van der Waals surface area contributed by atoms with E-state index in [1.54, 1.807) is 5.38 Å². The predicted molar refractivity (Wildman–Crippen MR) is 40.0 cm³/mol. The largest absolute Gasteiger partial charge is 0.493 e. The first-order valence-electron chi connectivity index (χ1n) is 2.86. The summed E-state index contributed by atoms with van der Waals surface area (Å²) in [5.41, 5.74) is 0.236. The van der Waals surface area contributed by atoms with Crippen molar-refractivity contribution in [3.05, 3.63) is 11.1 Å². The Hall–Kier alpha value is -1.10. The summed E-state index contributed by atoms with van der Waals surface area (Å²) >= 11 is 1.16. The maximum Gasteiger partial charge on any atom is 0.361 e. The molecule has 60 valence electrons. The molecule has 1 aromatic rings. The lowest BCUT2D eigenvalue weighted by atomic mass is 10.4. The van der Waals surface area contributed by atoms with Crippen LogP contribution in [-0.4, -0.2) is 24.6 Å². The maximum absolute atomic E-state index is 10.9. The molecule has 5 heteroatoms. The summed E-state index contributed by atoms with van der Waals surface area (Å²) in [6.07, 6.45) is 0. The first-order valence-corrected chi connectivity index (χ1v) is 3.70. The van der Waals surface area contributed by atoms with E-state index in [0.29, 0.717) is 5.75 Å². The Kier molecular flexibility index (Phi) is 2.43. The minimum Gasteiger partial charge on any atom is -0.493 e. The summed E-state index contributed by atoms with van der Waals surface area (Å²) in [6, 6.07) is 0. The number of hydrogen-bond acceptors (Lipinski definition) is 5. The Morgan fingerprint density at radius 2 is 2.36 bits per heavy atom. The number of methoxy groups -OCH3 is 2. The van der Waals surface area contributed by atoms with Gasteiger partial charge in [0.2, 0.25) is 5.69 Å². The summed E-state index contributed by atoms with van der Waals surface area (Å²) < 4.78 is 13.1. The fraction of sp³-hybridized carbons (Fsp3) is 0.333. The van der Waals surface area contributed by atoms with Gasteiger partial charge in [-0.2, -0.15) is 4.37 Å². The summed E-state index contributed by atoms with van der Waals surface area (Å²) in [5.74, 6) is -0.00931. The molecule has 0 saturated carbocycles. The number of aromatic nitrogens is 1. The van der Waals surface area contributed by atoms with Crippen LogP contribution < -0.4 is 4.74 Å². The number of rotatable bonds is 2. The van der Waals surface area contributed by atoms with Gasteiger partial charge in [-0.25, -0.2) is 4.79 Å². The van der Waals surface area contributed by atoms with Gasteiger partial charge < -0.3 is 9.47 Å². The van der Waals surface area contributed by atoms with Crippen molar-refractivity contribution in [1.82, 2.24) is 4.37 Å². The summed E-state index contributed by atoms with van der Waals surface area (Å²) in [4.78, 5) is 10.9. The molecular weight excluding hydrogens is 166 g/mol. The normalized spacial score (nSPS) is 9.27. The predicted octanol–water partition coefficient (Wildman–Crippen LogP) is 0.938. The van der Waals surface area contributed by atoms with Gasteiger partial charge in [-0.1, -0.05) is 0 Å². The number of esters is 1. The summed E-state index contributed by atoms with van der Waals surface area (Å²) in [5, 5.41) is 1.65. The van der Waals surface area contributed by atoms with E-state index in [2.05, 4.69) is 9.11 Å². The Morgan fingerprint density at radius 1 is 1.64 bits per heavy atom. The minimum absolute atomic E-state index is 0.236. The molecule has 0 atom stereocenters. The molecular formula is C6H7NO3S. The van der Waals surface area contributed by atoms with E-state index in [-0.39, 0.29) is 5.69 Å². The second-order valence-electron chi connectivity index (χ2n) is 1.72. The smallest absolute Gasteiger partial charge is 0.361 e. The van der Waals surface area contributed by atoms with Crippen molar-refractivity contribution in [2.75, 3.05) is 14.2 Å². The fourth-order valence-corrected chi connectivity index (χ4v) is 1.23. The molecule has 1 aromatic heterocycles. The van der Waals surface area contributed by atoms with Crippen LogP contribution in [-0.2, 0) is 4.74 Å². The zero-order chi connectivity index (χ0) is 8.27. The molecule has 0 amide bonds. The summed E-state index contributed by atoms with van der Waals surface area (Å²) in [6.45, 7) is 0. The van der Waals surface area contributed by atoms with Crippen LogP contribution >= 0.6 is 11.5 Å². The lowest BCUT2D eigenvalue weighted by Crippen LogP contribution is -2.02. The molecule has 0 aliphatic carbocycles. The van der Waals surface area contributed by atoms with Crippen LogP contribution in [0.5, 0.6) is 5.75 Å². The van der Waals surface area contributed by atoms with Gasteiger partial charge in [0.1, 0.15) is 0 Å². The van der Waals surface area contributed by atoms with E-state index >= 15 is 0 Å². The standard InChI is InChI=1S/C6H7NO3S/c1-9-4-3-11-7-5(4)6(8)10-2/h3H,1-2H3. The molecule has 11 heavy (non-hydrogen) atoms. The number of ether oxygens (including phenoxy) is 2. The lowest BCUT2D eigenvalue weighted by Gasteiger charge is -1.97. The number of nitrogens with zero attached hydrogens (tertiary/aromatic N) is 1. The first kappa shape index (κ1) is 8.00.